The van der Waals surface area contributed by atoms with Crippen molar-refractivity contribution in [3.8, 4) is 0 Å². The Morgan fingerprint density at radius 2 is 1.73 bits per heavy atom. The molecule has 1 amide bonds. The van der Waals surface area contributed by atoms with Gasteiger partial charge in [-0.25, -0.2) is 4.79 Å². The van der Waals surface area contributed by atoms with E-state index < -0.39 is 41.7 Å². The number of carbonyl (C=O) groups excluding carboxylic acids is 1. The van der Waals surface area contributed by atoms with E-state index in [4.69, 9.17) is 9.84 Å². The zero-order chi connectivity index (χ0) is 17.2. The van der Waals surface area contributed by atoms with Gasteiger partial charge in [0.1, 0.15) is 5.60 Å². The van der Waals surface area contributed by atoms with Gasteiger partial charge in [-0.15, -0.1) is 0 Å². The van der Waals surface area contributed by atoms with Crippen LogP contribution < -0.4 is 5.32 Å². The number of carbonyl (C=O) groups is 2. The second-order valence-electron chi connectivity index (χ2n) is 6.68. The van der Waals surface area contributed by atoms with Crippen LogP contribution in [0.1, 0.15) is 52.9 Å². The van der Waals surface area contributed by atoms with Crippen molar-refractivity contribution in [2.45, 2.75) is 70.2 Å². The van der Waals surface area contributed by atoms with Gasteiger partial charge in [-0.2, -0.15) is 13.2 Å². The maximum atomic E-state index is 13.3. The summed E-state index contributed by atoms with van der Waals surface area (Å²) in [6.45, 7) is 4.81. The van der Waals surface area contributed by atoms with Crippen LogP contribution >= 0.6 is 0 Å². The fourth-order valence-electron chi connectivity index (χ4n) is 2.87. The molecular formula is C14H22F3NO4. The summed E-state index contributed by atoms with van der Waals surface area (Å²) in [5.41, 5.74) is -2.45. The molecule has 1 saturated carbocycles. The molecule has 0 saturated heterocycles. The third-order valence-corrected chi connectivity index (χ3v) is 3.69. The number of nitrogens with one attached hydrogen (secondary N) is 1. The lowest BCUT2D eigenvalue weighted by Gasteiger charge is -2.39. The van der Waals surface area contributed by atoms with Gasteiger partial charge in [-0.05, 0) is 33.6 Å². The quantitative estimate of drug-likeness (QED) is 0.830. The fraction of sp³-hybridized carbons (Fsp3) is 0.857. The van der Waals surface area contributed by atoms with Crippen molar-refractivity contribution >= 4 is 12.1 Å². The molecule has 0 heterocycles. The van der Waals surface area contributed by atoms with Gasteiger partial charge in [0.25, 0.3) is 0 Å². The number of hydrogen-bond donors (Lipinski definition) is 2. The summed E-state index contributed by atoms with van der Waals surface area (Å²) >= 11 is 0. The lowest BCUT2D eigenvalue weighted by Crippen LogP contribution is -2.57. The van der Waals surface area contributed by atoms with Crippen LogP contribution in [0.2, 0.25) is 0 Å². The van der Waals surface area contributed by atoms with Crippen LogP contribution in [0.5, 0.6) is 0 Å². The Kier molecular flexibility index (Phi) is 5.35. The molecule has 0 aromatic heterocycles. The van der Waals surface area contributed by atoms with E-state index in [1.807, 2.05) is 0 Å². The lowest BCUT2D eigenvalue weighted by molar-refractivity contribution is -0.201. The highest BCUT2D eigenvalue weighted by molar-refractivity contribution is 5.70. The summed E-state index contributed by atoms with van der Waals surface area (Å²) in [6.07, 6.45) is -5.55. The first-order valence-corrected chi connectivity index (χ1v) is 7.15. The minimum absolute atomic E-state index is 0.0870. The van der Waals surface area contributed by atoms with E-state index in [1.165, 1.54) is 0 Å². The zero-order valence-corrected chi connectivity index (χ0v) is 12.9. The molecule has 22 heavy (non-hydrogen) atoms. The highest BCUT2D eigenvalue weighted by atomic mass is 19.4. The minimum Gasteiger partial charge on any atom is -0.481 e. The number of hydrogen-bond acceptors (Lipinski definition) is 3. The van der Waals surface area contributed by atoms with E-state index in [-0.39, 0.29) is 12.8 Å². The Morgan fingerprint density at radius 1 is 1.23 bits per heavy atom. The first-order chi connectivity index (χ1) is 9.86. The number of alkyl halides is 3. The van der Waals surface area contributed by atoms with Crippen molar-refractivity contribution in [3.63, 3.8) is 0 Å². The normalized spacial score (nSPS) is 19.5. The van der Waals surface area contributed by atoms with Crippen LogP contribution in [0.25, 0.3) is 0 Å². The largest absolute Gasteiger partial charge is 0.481 e. The molecule has 128 valence electrons. The molecule has 5 nitrogen and oxygen atoms in total. The molecular weight excluding hydrogens is 303 g/mol. The number of aliphatic carboxylic acids is 1. The summed E-state index contributed by atoms with van der Waals surface area (Å²) in [7, 11) is 0. The number of ether oxygens (including phenoxy) is 1. The van der Waals surface area contributed by atoms with Gasteiger partial charge < -0.3 is 15.2 Å². The summed E-state index contributed by atoms with van der Waals surface area (Å²) in [5.74, 6) is -3.67. The molecule has 1 atom stereocenters. The fourth-order valence-corrected chi connectivity index (χ4v) is 2.87. The summed E-state index contributed by atoms with van der Waals surface area (Å²) in [6, 6.07) is 0. The van der Waals surface area contributed by atoms with Gasteiger partial charge in [-0.3, -0.25) is 4.79 Å². The van der Waals surface area contributed by atoms with E-state index in [1.54, 1.807) is 20.8 Å². The maximum Gasteiger partial charge on any atom is 0.408 e. The van der Waals surface area contributed by atoms with Gasteiger partial charge in [0.15, 0.2) is 0 Å². The summed E-state index contributed by atoms with van der Waals surface area (Å²) < 4.78 is 45.0. The van der Waals surface area contributed by atoms with Crippen LogP contribution in [-0.4, -0.2) is 34.5 Å². The first kappa shape index (κ1) is 18.6. The van der Waals surface area contributed by atoms with Crippen molar-refractivity contribution in [2.75, 3.05) is 0 Å². The molecule has 0 aliphatic heterocycles. The average molecular weight is 325 g/mol. The van der Waals surface area contributed by atoms with Crippen LogP contribution in [0.3, 0.4) is 0 Å². The van der Waals surface area contributed by atoms with Gasteiger partial charge in [0.2, 0.25) is 0 Å². The van der Waals surface area contributed by atoms with Crippen molar-refractivity contribution in [1.82, 2.24) is 5.32 Å². The second-order valence-corrected chi connectivity index (χ2v) is 6.68. The number of rotatable bonds is 4. The minimum atomic E-state index is -4.71. The second kappa shape index (κ2) is 6.34. The highest BCUT2D eigenvalue weighted by Gasteiger charge is 2.56. The molecule has 1 rings (SSSR count). The van der Waals surface area contributed by atoms with Crippen molar-refractivity contribution < 1.29 is 32.6 Å². The Hall–Kier alpha value is -1.47. The molecule has 0 radical (unpaired) electrons. The monoisotopic (exact) mass is 325 g/mol. The average Bonchev–Trinajstić information content (AvgIpc) is 2.70. The van der Waals surface area contributed by atoms with Gasteiger partial charge >= 0.3 is 18.2 Å². The highest BCUT2D eigenvalue weighted by Crippen LogP contribution is 2.45. The Labute approximate surface area is 127 Å². The topological polar surface area (TPSA) is 75.6 Å². The molecule has 0 bridgehead atoms. The third-order valence-electron chi connectivity index (χ3n) is 3.69. The molecule has 2 N–H and O–H groups in total. The van der Waals surface area contributed by atoms with Gasteiger partial charge in [0.05, 0.1) is 17.9 Å². The molecule has 0 spiro atoms. The van der Waals surface area contributed by atoms with E-state index in [2.05, 4.69) is 5.32 Å². The van der Waals surface area contributed by atoms with Crippen molar-refractivity contribution in [3.05, 3.63) is 0 Å². The molecule has 1 aliphatic rings. The molecule has 1 fully saturated rings. The predicted molar refractivity (Wildman–Crippen MR) is 72.4 cm³/mol. The molecule has 8 heteroatoms. The van der Waals surface area contributed by atoms with E-state index in [0.29, 0.717) is 12.8 Å². The smallest absolute Gasteiger partial charge is 0.408 e. The van der Waals surface area contributed by atoms with Crippen LogP contribution in [-0.2, 0) is 9.53 Å². The van der Waals surface area contributed by atoms with Crippen LogP contribution in [0, 0.1) is 5.92 Å². The predicted octanol–water partition coefficient (Wildman–Crippen LogP) is 3.48. The first-order valence-electron chi connectivity index (χ1n) is 7.15. The Bertz CT molecular complexity index is 423. The van der Waals surface area contributed by atoms with Crippen molar-refractivity contribution in [1.29, 1.82) is 0 Å². The molecule has 1 aliphatic carbocycles. The third kappa shape index (κ3) is 5.06. The van der Waals surface area contributed by atoms with E-state index in [0.717, 1.165) is 0 Å². The summed E-state index contributed by atoms with van der Waals surface area (Å²) in [4.78, 5) is 22.7. The molecule has 0 aromatic carbocycles. The molecule has 1 unspecified atom stereocenters. The number of carboxylic acids is 1. The van der Waals surface area contributed by atoms with Crippen molar-refractivity contribution in [2.24, 2.45) is 5.92 Å². The van der Waals surface area contributed by atoms with Crippen LogP contribution in [0.4, 0.5) is 18.0 Å². The molecule has 0 aromatic rings. The van der Waals surface area contributed by atoms with Gasteiger partial charge in [-0.1, -0.05) is 12.8 Å². The standard InChI is InChI=1S/C14H22F3NO4/c1-12(2,3)22-11(21)18-13(6-4-5-7-13)9(8-10(19)20)14(15,16)17/h9H,4-8H2,1-3H3,(H,18,21)(H,19,20). The number of carboxylic acid groups (broad SMARTS) is 1. The Balaban J connectivity index is 3.02. The van der Waals surface area contributed by atoms with E-state index >= 15 is 0 Å². The number of alkyl carbamates (subject to hydrolysis) is 1. The lowest BCUT2D eigenvalue weighted by atomic mass is 9.79. The maximum absolute atomic E-state index is 13.3. The number of amides is 1. The van der Waals surface area contributed by atoms with Crippen LogP contribution in [0.15, 0.2) is 0 Å². The van der Waals surface area contributed by atoms with Gasteiger partial charge in [0, 0.05) is 0 Å². The van der Waals surface area contributed by atoms with E-state index in [9.17, 15) is 22.8 Å². The zero-order valence-electron chi connectivity index (χ0n) is 12.9. The SMILES string of the molecule is CC(C)(C)OC(=O)NC1(C(CC(=O)O)C(F)(F)F)CCCC1. The number of halogens is 3. The Morgan fingerprint density at radius 3 is 2.09 bits per heavy atom. The summed E-state index contributed by atoms with van der Waals surface area (Å²) in [5, 5.41) is 11.1.